The highest BCUT2D eigenvalue weighted by atomic mass is 32.2. The highest BCUT2D eigenvalue weighted by molar-refractivity contribution is 8.02. The molecule has 0 atom stereocenters. The van der Waals surface area contributed by atoms with Gasteiger partial charge in [0.25, 0.3) is 0 Å². The van der Waals surface area contributed by atoms with Gasteiger partial charge in [-0.1, -0.05) is 82.3 Å². The maximum atomic E-state index is 14.2. The standard InChI is InChI=1S/C45H43F3O3S2/c1-41(2)24-42(3,4)26-43(25-41)35-11-9-8-10-31(35)38-33-22-37(53-45(46,47)48)36(52-7)23-34(33)40-32(39(38)43)20-21-44(51-40,27-12-16-29(49-5)17-13-27)28-14-18-30(50-6)19-15-28/h8-23H,24-26H2,1-7H3. The molecule has 1 spiro atoms. The van der Waals surface area contributed by atoms with E-state index in [0.29, 0.717) is 10.6 Å². The SMILES string of the molecule is COc1ccc(C2(c3ccc(OC)cc3)C=Cc3c4c(c5cc(SC(F)(F)F)c(SC)cc5c3O2)-c2ccccc2C42CC(C)(C)CC(C)(C)C2)cc1. The third kappa shape index (κ3) is 5.92. The molecule has 8 rings (SSSR count). The van der Waals surface area contributed by atoms with Crippen molar-refractivity contribution in [1.82, 2.24) is 0 Å². The van der Waals surface area contributed by atoms with Crippen molar-refractivity contribution in [2.75, 3.05) is 20.5 Å². The number of fused-ring (bicyclic) bond motifs is 10. The Bertz CT molecular complexity index is 2210. The van der Waals surface area contributed by atoms with E-state index in [2.05, 4.69) is 64.1 Å². The molecular formula is C45H43F3O3S2. The largest absolute Gasteiger partial charge is 0.497 e. The number of methoxy groups -OCH3 is 2. The quantitative estimate of drug-likeness (QED) is 0.161. The molecule has 0 saturated heterocycles. The molecule has 0 N–H and O–H groups in total. The number of hydrogen-bond acceptors (Lipinski definition) is 5. The lowest BCUT2D eigenvalue weighted by molar-refractivity contribution is -0.0329. The number of benzene rings is 5. The second-order valence-corrected chi connectivity index (χ2v) is 18.2. The third-order valence-electron chi connectivity index (χ3n) is 11.3. The maximum absolute atomic E-state index is 14.2. The zero-order valence-electron chi connectivity index (χ0n) is 31.0. The summed E-state index contributed by atoms with van der Waals surface area (Å²) in [5.41, 5.74) is 1.46. The first-order valence-electron chi connectivity index (χ1n) is 17.9. The fourth-order valence-electron chi connectivity index (χ4n) is 10.2. The predicted octanol–water partition coefficient (Wildman–Crippen LogP) is 13.0. The lowest BCUT2D eigenvalue weighted by Gasteiger charge is -2.52. The number of thioether (sulfide) groups is 2. The van der Waals surface area contributed by atoms with Crippen molar-refractivity contribution in [3.05, 3.63) is 119 Å². The molecule has 1 heterocycles. The molecule has 3 aliphatic rings. The van der Waals surface area contributed by atoms with Crippen LogP contribution in [0.5, 0.6) is 17.2 Å². The van der Waals surface area contributed by atoms with E-state index in [1.165, 1.54) is 17.3 Å². The molecule has 1 saturated carbocycles. The summed E-state index contributed by atoms with van der Waals surface area (Å²) in [6.07, 6.45) is 9.11. The van der Waals surface area contributed by atoms with Crippen LogP contribution in [-0.4, -0.2) is 26.0 Å². The van der Waals surface area contributed by atoms with Crippen LogP contribution >= 0.6 is 23.5 Å². The second-order valence-electron chi connectivity index (χ2n) is 16.2. The van der Waals surface area contributed by atoms with Gasteiger partial charge in [-0.25, -0.2) is 0 Å². The Kier molecular flexibility index (Phi) is 8.50. The van der Waals surface area contributed by atoms with Gasteiger partial charge < -0.3 is 14.2 Å². The van der Waals surface area contributed by atoms with Gasteiger partial charge in [-0.15, -0.1) is 11.8 Å². The average molecular weight is 753 g/mol. The zero-order chi connectivity index (χ0) is 37.6. The zero-order valence-corrected chi connectivity index (χ0v) is 32.7. The van der Waals surface area contributed by atoms with Crippen LogP contribution in [0.25, 0.3) is 28.0 Å². The van der Waals surface area contributed by atoms with Gasteiger partial charge in [0.05, 0.1) is 14.2 Å². The summed E-state index contributed by atoms with van der Waals surface area (Å²) in [5.74, 6) is 2.13. The summed E-state index contributed by atoms with van der Waals surface area (Å²) >= 11 is 1.28. The highest BCUT2D eigenvalue weighted by Gasteiger charge is 2.55. The molecule has 3 nitrogen and oxygen atoms in total. The first-order chi connectivity index (χ1) is 25.1. The van der Waals surface area contributed by atoms with Crippen LogP contribution in [0.4, 0.5) is 13.2 Å². The highest BCUT2D eigenvalue weighted by Crippen LogP contribution is 2.67. The molecule has 2 aliphatic carbocycles. The van der Waals surface area contributed by atoms with Crippen LogP contribution in [0.15, 0.2) is 101 Å². The molecule has 5 aromatic carbocycles. The first-order valence-corrected chi connectivity index (χ1v) is 19.9. The van der Waals surface area contributed by atoms with E-state index >= 15 is 0 Å². The lowest BCUT2D eigenvalue weighted by Crippen LogP contribution is -2.44. The Morgan fingerprint density at radius 2 is 1.28 bits per heavy atom. The van der Waals surface area contributed by atoms with Crippen LogP contribution in [0.3, 0.4) is 0 Å². The van der Waals surface area contributed by atoms with Gasteiger partial charge >= 0.3 is 5.51 Å². The van der Waals surface area contributed by atoms with Gasteiger partial charge in [0.15, 0.2) is 5.60 Å². The van der Waals surface area contributed by atoms with E-state index in [0.717, 1.165) is 74.9 Å². The molecular weight excluding hydrogens is 710 g/mol. The topological polar surface area (TPSA) is 27.7 Å². The number of rotatable bonds is 6. The van der Waals surface area contributed by atoms with Gasteiger partial charge in [-0.3, -0.25) is 0 Å². The van der Waals surface area contributed by atoms with Gasteiger partial charge in [0.1, 0.15) is 17.2 Å². The molecule has 0 bridgehead atoms. The van der Waals surface area contributed by atoms with Crippen molar-refractivity contribution in [2.45, 2.75) is 73.3 Å². The van der Waals surface area contributed by atoms with E-state index in [9.17, 15) is 13.2 Å². The summed E-state index contributed by atoms with van der Waals surface area (Å²) < 4.78 is 61.2. The van der Waals surface area contributed by atoms with Crippen molar-refractivity contribution in [3.63, 3.8) is 0 Å². The number of alkyl halides is 3. The van der Waals surface area contributed by atoms with Crippen LogP contribution in [0.1, 0.15) is 74.8 Å². The van der Waals surface area contributed by atoms with Crippen molar-refractivity contribution >= 4 is 40.4 Å². The van der Waals surface area contributed by atoms with E-state index in [1.807, 2.05) is 60.9 Å². The molecule has 53 heavy (non-hydrogen) atoms. The molecule has 5 aromatic rings. The summed E-state index contributed by atoms with van der Waals surface area (Å²) in [5, 5.41) is 1.58. The predicted molar refractivity (Wildman–Crippen MR) is 212 cm³/mol. The Hall–Kier alpha value is -4.01. The van der Waals surface area contributed by atoms with Crippen molar-refractivity contribution in [2.24, 2.45) is 10.8 Å². The van der Waals surface area contributed by atoms with Crippen molar-refractivity contribution < 1.29 is 27.4 Å². The minimum absolute atomic E-state index is 0.00744. The van der Waals surface area contributed by atoms with Gasteiger partial charge in [-0.05, 0) is 118 Å². The first kappa shape index (κ1) is 36.0. The summed E-state index contributed by atoms with van der Waals surface area (Å²) in [6, 6.07) is 28.0. The molecule has 0 radical (unpaired) electrons. The minimum Gasteiger partial charge on any atom is -0.497 e. The molecule has 0 unspecified atom stereocenters. The molecule has 1 fully saturated rings. The molecule has 8 heteroatoms. The van der Waals surface area contributed by atoms with Crippen LogP contribution in [0.2, 0.25) is 0 Å². The van der Waals surface area contributed by atoms with Crippen molar-refractivity contribution in [1.29, 1.82) is 0 Å². The Balaban J connectivity index is 1.50. The van der Waals surface area contributed by atoms with E-state index in [-0.39, 0.29) is 32.9 Å². The Morgan fingerprint density at radius 3 is 1.83 bits per heavy atom. The number of halogens is 3. The number of ether oxygens (including phenoxy) is 3. The maximum Gasteiger partial charge on any atom is 0.446 e. The van der Waals surface area contributed by atoms with E-state index in [4.69, 9.17) is 14.2 Å². The third-order valence-corrected chi connectivity index (χ3v) is 13.0. The molecule has 274 valence electrons. The van der Waals surface area contributed by atoms with Crippen molar-refractivity contribution in [3.8, 4) is 28.4 Å². The summed E-state index contributed by atoms with van der Waals surface area (Å²) in [6.45, 7) is 9.43. The second kappa shape index (κ2) is 12.5. The van der Waals surface area contributed by atoms with Gasteiger partial charge in [0.2, 0.25) is 0 Å². The minimum atomic E-state index is -4.44. The fourth-order valence-corrected chi connectivity index (χ4v) is 11.6. The van der Waals surface area contributed by atoms with Gasteiger partial charge in [0, 0.05) is 37.3 Å². The van der Waals surface area contributed by atoms with E-state index in [1.54, 1.807) is 20.3 Å². The van der Waals surface area contributed by atoms with Crippen LogP contribution in [0, 0.1) is 10.8 Å². The Labute approximate surface area is 318 Å². The summed E-state index contributed by atoms with van der Waals surface area (Å²) in [4.78, 5) is 0.755. The normalized spacial score (nSPS) is 18.6. The number of hydrogen-bond donors (Lipinski definition) is 0. The average Bonchev–Trinajstić information content (AvgIpc) is 3.37. The molecule has 0 amide bonds. The van der Waals surface area contributed by atoms with E-state index < -0.39 is 11.1 Å². The van der Waals surface area contributed by atoms with Crippen LogP contribution < -0.4 is 14.2 Å². The smallest absolute Gasteiger partial charge is 0.446 e. The monoisotopic (exact) mass is 752 g/mol. The lowest BCUT2D eigenvalue weighted by atomic mass is 9.52. The Morgan fingerprint density at radius 1 is 0.717 bits per heavy atom. The van der Waals surface area contributed by atoms with Gasteiger partial charge in [-0.2, -0.15) is 13.2 Å². The van der Waals surface area contributed by atoms with Crippen LogP contribution in [-0.2, 0) is 11.0 Å². The molecule has 0 aromatic heterocycles. The fraction of sp³-hybridized carbons (Fsp3) is 0.333. The summed E-state index contributed by atoms with van der Waals surface area (Å²) in [7, 11) is 3.29. The molecule has 1 aliphatic heterocycles.